The van der Waals surface area contributed by atoms with Crippen molar-refractivity contribution in [2.75, 3.05) is 25.0 Å². The van der Waals surface area contributed by atoms with Crippen LogP contribution in [0, 0.1) is 0 Å². The second-order valence-corrected chi connectivity index (χ2v) is 6.80. The molecule has 0 saturated heterocycles. The molecule has 146 valence electrons. The van der Waals surface area contributed by atoms with Crippen molar-refractivity contribution in [1.82, 2.24) is 10.3 Å². The number of hydrogen-bond acceptors (Lipinski definition) is 4. The molecule has 1 aromatic heterocycles. The van der Waals surface area contributed by atoms with Gasteiger partial charge < -0.3 is 14.6 Å². The molecule has 0 spiro atoms. The Kier molecular flexibility index (Phi) is 7.24. The van der Waals surface area contributed by atoms with Gasteiger partial charge in [0, 0.05) is 44.2 Å². The molecule has 0 saturated carbocycles. The highest BCUT2D eigenvalue weighted by Gasteiger charge is 2.08. The Morgan fingerprint density at radius 3 is 2.50 bits per heavy atom. The van der Waals surface area contributed by atoms with E-state index in [1.54, 1.807) is 6.20 Å². The zero-order chi connectivity index (χ0) is 19.6. The predicted octanol–water partition coefficient (Wildman–Crippen LogP) is 4.31. The molecule has 0 aliphatic heterocycles. The quantitative estimate of drug-likeness (QED) is 0.535. The minimum atomic E-state index is 0.0378. The number of hydrogen-bond donors (Lipinski definition) is 1. The first-order valence-electron chi connectivity index (χ1n) is 9.75. The van der Waals surface area contributed by atoms with Crippen molar-refractivity contribution in [1.29, 1.82) is 0 Å². The minimum Gasteiger partial charge on any atom is -0.441 e. The molecule has 1 N–H and O–H groups in total. The van der Waals surface area contributed by atoms with Crippen LogP contribution < -0.4 is 10.2 Å². The van der Waals surface area contributed by atoms with Gasteiger partial charge in [0.05, 0.1) is 6.20 Å². The molecule has 5 heteroatoms. The second kappa shape index (κ2) is 10.3. The van der Waals surface area contributed by atoms with Crippen LogP contribution in [0.1, 0.15) is 25.2 Å². The maximum absolute atomic E-state index is 12.0. The van der Waals surface area contributed by atoms with E-state index in [1.807, 2.05) is 48.5 Å². The molecule has 0 atom stereocenters. The van der Waals surface area contributed by atoms with Gasteiger partial charge in [0.25, 0.3) is 0 Å². The second-order valence-electron chi connectivity index (χ2n) is 6.80. The number of amides is 1. The van der Waals surface area contributed by atoms with Crippen LogP contribution in [-0.4, -0.2) is 31.0 Å². The summed E-state index contributed by atoms with van der Waals surface area (Å²) in [6.07, 6.45) is 4.60. The van der Waals surface area contributed by atoms with Crippen molar-refractivity contribution in [2.24, 2.45) is 0 Å². The van der Waals surface area contributed by atoms with E-state index in [2.05, 4.69) is 34.4 Å². The lowest BCUT2D eigenvalue weighted by Crippen LogP contribution is -2.26. The number of nitrogens with one attached hydrogen (secondary N) is 1. The number of oxazole rings is 1. The van der Waals surface area contributed by atoms with E-state index < -0.39 is 0 Å². The summed E-state index contributed by atoms with van der Waals surface area (Å²) in [5, 5.41) is 2.98. The molecule has 5 nitrogen and oxygen atoms in total. The molecule has 3 rings (SSSR count). The van der Waals surface area contributed by atoms with Crippen molar-refractivity contribution in [2.45, 2.75) is 25.7 Å². The SMILES string of the molecule is CN(CCCCNC(=O)CCc1ncc(-c2ccccc2)o1)c1ccccc1. The summed E-state index contributed by atoms with van der Waals surface area (Å²) in [7, 11) is 2.09. The minimum absolute atomic E-state index is 0.0378. The van der Waals surface area contributed by atoms with E-state index in [0.717, 1.165) is 30.7 Å². The van der Waals surface area contributed by atoms with Gasteiger partial charge in [0.1, 0.15) is 0 Å². The molecule has 0 fully saturated rings. The monoisotopic (exact) mass is 377 g/mol. The van der Waals surface area contributed by atoms with E-state index in [9.17, 15) is 4.79 Å². The van der Waals surface area contributed by atoms with Crippen molar-refractivity contribution >= 4 is 11.6 Å². The van der Waals surface area contributed by atoms with Crippen molar-refractivity contribution in [3.8, 4) is 11.3 Å². The van der Waals surface area contributed by atoms with Gasteiger partial charge in [-0.05, 0) is 25.0 Å². The Balaban J connectivity index is 1.30. The lowest BCUT2D eigenvalue weighted by molar-refractivity contribution is -0.121. The fourth-order valence-corrected chi connectivity index (χ4v) is 2.98. The van der Waals surface area contributed by atoms with Gasteiger partial charge in [0.2, 0.25) is 5.91 Å². The lowest BCUT2D eigenvalue weighted by atomic mass is 10.2. The summed E-state index contributed by atoms with van der Waals surface area (Å²) in [4.78, 5) is 18.5. The van der Waals surface area contributed by atoms with Crippen LogP contribution in [0.2, 0.25) is 0 Å². The van der Waals surface area contributed by atoms with Crippen LogP contribution in [0.15, 0.2) is 71.3 Å². The first kappa shape index (κ1) is 19.7. The fourth-order valence-electron chi connectivity index (χ4n) is 2.98. The molecule has 0 aliphatic rings. The Bertz CT molecular complexity index is 847. The zero-order valence-electron chi connectivity index (χ0n) is 16.3. The Labute approximate surface area is 166 Å². The van der Waals surface area contributed by atoms with Gasteiger partial charge >= 0.3 is 0 Å². The topological polar surface area (TPSA) is 58.4 Å². The van der Waals surface area contributed by atoms with E-state index in [-0.39, 0.29) is 5.91 Å². The molecule has 1 heterocycles. The summed E-state index contributed by atoms with van der Waals surface area (Å²) in [5.41, 5.74) is 2.21. The molecule has 0 unspecified atom stereocenters. The van der Waals surface area contributed by atoms with Crippen LogP contribution in [0.4, 0.5) is 5.69 Å². The number of nitrogens with zero attached hydrogens (tertiary/aromatic N) is 2. The third-order valence-electron chi connectivity index (χ3n) is 4.62. The smallest absolute Gasteiger partial charge is 0.220 e. The number of carbonyl (C=O) groups excluding carboxylic acids is 1. The molecule has 0 bridgehead atoms. The van der Waals surface area contributed by atoms with Crippen LogP contribution >= 0.6 is 0 Å². The molecular formula is C23H27N3O2. The number of rotatable bonds is 10. The van der Waals surface area contributed by atoms with Crippen LogP contribution in [-0.2, 0) is 11.2 Å². The van der Waals surface area contributed by atoms with Gasteiger partial charge in [0.15, 0.2) is 11.7 Å². The number of carbonyl (C=O) groups is 1. The number of anilines is 1. The van der Waals surface area contributed by atoms with Gasteiger partial charge in [-0.15, -0.1) is 0 Å². The fraction of sp³-hybridized carbons (Fsp3) is 0.304. The summed E-state index contributed by atoms with van der Waals surface area (Å²) in [5.74, 6) is 1.37. The number of unbranched alkanes of at least 4 members (excludes halogenated alkanes) is 1. The lowest BCUT2D eigenvalue weighted by Gasteiger charge is -2.19. The zero-order valence-corrected chi connectivity index (χ0v) is 16.3. The van der Waals surface area contributed by atoms with Crippen LogP contribution in [0.25, 0.3) is 11.3 Å². The Hall–Kier alpha value is -3.08. The van der Waals surface area contributed by atoms with Crippen molar-refractivity contribution in [3.63, 3.8) is 0 Å². The molecular weight excluding hydrogens is 350 g/mol. The summed E-state index contributed by atoms with van der Waals surface area (Å²) >= 11 is 0. The maximum Gasteiger partial charge on any atom is 0.220 e. The third-order valence-corrected chi connectivity index (χ3v) is 4.62. The average molecular weight is 377 g/mol. The number of benzene rings is 2. The van der Waals surface area contributed by atoms with Gasteiger partial charge in [-0.1, -0.05) is 48.5 Å². The van der Waals surface area contributed by atoms with Crippen molar-refractivity contribution in [3.05, 3.63) is 72.8 Å². The Morgan fingerprint density at radius 2 is 1.75 bits per heavy atom. The number of para-hydroxylation sites is 1. The van der Waals surface area contributed by atoms with E-state index in [1.165, 1.54) is 5.69 Å². The summed E-state index contributed by atoms with van der Waals surface area (Å²) in [6, 6.07) is 20.2. The normalized spacial score (nSPS) is 10.6. The highest BCUT2D eigenvalue weighted by molar-refractivity contribution is 5.76. The molecule has 0 radical (unpaired) electrons. The summed E-state index contributed by atoms with van der Waals surface area (Å²) < 4.78 is 5.73. The van der Waals surface area contributed by atoms with E-state index in [4.69, 9.17) is 4.42 Å². The van der Waals surface area contributed by atoms with Gasteiger partial charge in [-0.25, -0.2) is 4.98 Å². The third kappa shape index (κ3) is 5.98. The molecule has 3 aromatic rings. The first-order valence-corrected chi connectivity index (χ1v) is 9.75. The van der Waals surface area contributed by atoms with E-state index >= 15 is 0 Å². The molecule has 1 amide bonds. The summed E-state index contributed by atoms with van der Waals surface area (Å²) in [6.45, 7) is 1.67. The van der Waals surface area contributed by atoms with Crippen molar-refractivity contribution < 1.29 is 9.21 Å². The number of aromatic nitrogens is 1. The molecule has 2 aromatic carbocycles. The van der Waals surface area contributed by atoms with Crippen LogP contribution in [0.5, 0.6) is 0 Å². The Morgan fingerprint density at radius 1 is 1.04 bits per heavy atom. The highest BCUT2D eigenvalue weighted by Crippen LogP contribution is 2.20. The molecule has 28 heavy (non-hydrogen) atoms. The largest absolute Gasteiger partial charge is 0.441 e. The van der Waals surface area contributed by atoms with Crippen LogP contribution in [0.3, 0.4) is 0 Å². The predicted molar refractivity (Wildman–Crippen MR) is 112 cm³/mol. The van der Waals surface area contributed by atoms with Gasteiger partial charge in [-0.2, -0.15) is 0 Å². The standard InChI is InChI=1S/C23H27N3O2/c1-26(20-12-6-3-7-13-20)17-9-8-16-24-22(27)14-15-23-25-18-21(28-23)19-10-4-2-5-11-19/h2-7,10-13,18H,8-9,14-17H2,1H3,(H,24,27). The highest BCUT2D eigenvalue weighted by atomic mass is 16.4. The van der Waals surface area contributed by atoms with Gasteiger partial charge in [-0.3, -0.25) is 4.79 Å². The molecule has 0 aliphatic carbocycles. The maximum atomic E-state index is 12.0. The first-order chi connectivity index (χ1) is 13.7. The number of aryl methyl sites for hydroxylation is 1. The van der Waals surface area contributed by atoms with E-state index in [0.29, 0.717) is 25.3 Å². The average Bonchev–Trinajstić information content (AvgIpc) is 3.22.